The Balaban J connectivity index is 1.49. The van der Waals surface area contributed by atoms with Crippen molar-refractivity contribution in [2.75, 3.05) is 34.0 Å². The Morgan fingerprint density at radius 2 is 1.93 bits per heavy atom. The van der Waals surface area contributed by atoms with Gasteiger partial charge in [0.25, 0.3) is 5.91 Å². The highest BCUT2D eigenvalue weighted by Crippen LogP contribution is 2.37. The fourth-order valence-electron chi connectivity index (χ4n) is 4.27. The van der Waals surface area contributed by atoms with Crippen LogP contribution >= 0.6 is 0 Å². The molecule has 2 aliphatic heterocycles. The van der Waals surface area contributed by atoms with Gasteiger partial charge in [0.1, 0.15) is 12.4 Å². The summed E-state index contributed by atoms with van der Waals surface area (Å²) in [7, 11) is 3.25. The predicted molar refractivity (Wildman–Crippen MR) is 113 cm³/mol. The number of carbonyl (C=O) groups excluding carboxylic acids is 1. The van der Waals surface area contributed by atoms with Crippen LogP contribution in [0.25, 0.3) is 0 Å². The summed E-state index contributed by atoms with van der Waals surface area (Å²) in [6.45, 7) is 2.06. The maximum Gasteiger partial charge on any atom is 0.254 e. The van der Waals surface area contributed by atoms with Gasteiger partial charge >= 0.3 is 0 Å². The van der Waals surface area contributed by atoms with E-state index in [2.05, 4.69) is 0 Å². The third kappa shape index (κ3) is 4.38. The van der Waals surface area contributed by atoms with E-state index in [1.165, 1.54) is 0 Å². The van der Waals surface area contributed by atoms with E-state index in [0.717, 1.165) is 44.4 Å². The van der Waals surface area contributed by atoms with Crippen molar-refractivity contribution in [2.45, 2.75) is 37.8 Å². The first-order valence-corrected chi connectivity index (χ1v) is 10.6. The van der Waals surface area contributed by atoms with Gasteiger partial charge in [-0.3, -0.25) is 4.79 Å². The zero-order valence-corrected chi connectivity index (χ0v) is 17.6. The number of methoxy groups -OCH3 is 2. The first-order valence-electron chi connectivity index (χ1n) is 10.6. The third-order valence-corrected chi connectivity index (χ3v) is 5.85. The maximum absolute atomic E-state index is 13.3. The molecule has 6 heteroatoms. The maximum atomic E-state index is 13.3. The zero-order chi connectivity index (χ0) is 20.9. The highest BCUT2D eigenvalue weighted by molar-refractivity contribution is 5.95. The smallest absolute Gasteiger partial charge is 0.254 e. The van der Waals surface area contributed by atoms with E-state index in [1.54, 1.807) is 14.2 Å². The number of benzene rings is 2. The lowest BCUT2D eigenvalue weighted by Gasteiger charge is -2.26. The molecule has 0 saturated carbocycles. The lowest BCUT2D eigenvalue weighted by Crippen LogP contribution is -2.30. The highest BCUT2D eigenvalue weighted by Gasteiger charge is 2.31. The van der Waals surface area contributed by atoms with Gasteiger partial charge in [0.05, 0.1) is 26.4 Å². The summed E-state index contributed by atoms with van der Waals surface area (Å²) in [6, 6.07) is 13.4. The standard InChI is InChI=1S/C24H29NO5/c1-27-22-11-10-17(15-23(22)28-2)21-9-4-12-25(21)24(26)18-6-3-7-19(14-18)30-16-20-8-5-13-29-20/h3,6-7,10-11,14-15,20-21H,4-5,8-9,12-13,16H2,1-2H3/t20-,21+/m1/s1. The fraction of sp³-hybridized carbons (Fsp3) is 0.458. The van der Waals surface area contributed by atoms with Crippen molar-refractivity contribution in [2.24, 2.45) is 0 Å². The summed E-state index contributed by atoms with van der Waals surface area (Å²) in [5.41, 5.74) is 1.71. The summed E-state index contributed by atoms with van der Waals surface area (Å²) in [6.07, 6.45) is 4.16. The molecule has 2 aromatic rings. The molecule has 0 unspecified atom stereocenters. The molecule has 30 heavy (non-hydrogen) atoms. The Labute approximate surface area is 177 Å². The van der Waals surface area contributed by atoms with E-state index in [0.29, 0.717) is 29.4 Å². The Hall–Kier alpha value is -2.73. The van der Waals surface area contributed by atoms with Crippen LogP contribution in [0.3, 0.4) is 0 Å². The summed E-state index contributed by atoms with van der Waals surface area (Å²) < 4.78 is 22.3. The molecule has 0 aliphatic carbocycles. The quantitative estimate of drug-likeness (QED) is 0.682. The van der Waals surface area contributed by atoms with Crippen LogP contribution in [-0.4, -0.2) is 50.9 Å². The van der Waals surface area contributed by atoms with Crippen molar-refractivity contribution in [3.63, 3.8) is 0 Å². The molecular weight excluding hydrogens is 382 g/mol. The van der Waals surface area contributed by atoms with Gasteiger partial charge in [-0.15, -0.1) is 0 Å². The molecule has 2 aliphatic rings. The molecule has 4 rings (SSSR count). The van der Waals surface area contributed by atoms with Crippen molar-refractivity contribution in [1.82, 2.24) is 4.90 Å². The Bertz CT molecular complexity index is 878. The molecule has 0 spiro atoms. The minimum absolute atomic E-state index is 0.0220. The van der Waals surface area contributed by atoms with Crippen LogP contribution in [0.5, 0.6) is 17.2 Å². The summed E-state index contributed by atoms with van der Waals surface area (Å²) in [4.78, 5) is 15.3. The number of likely N-dealkylation sites (tertiary alicyclic amines) is 1. The number of hydrogen-bond acceptors (Lipinski definition) is 5. The Kier molecular flexibility index (Phi) is 6.43. The number of hydrogen-bond donors (Lipinski definition) is 0. The number of nitrogens with zero attached hydrogens (tertiary/aromatic N) is 1. The van der Waals surface area contributed by atoms with Crippen LogP contribution in [0.1, 0.15) is 47.6 Å². The minimum atomic E-state index is 0.0220. The summed E-state index contributed by atoms with van der Waals surface area (Å²) >= 11 is 0. The molecule has 2 saturated heterocycles. The van der Waals surface area contributed by atoms with E-state index >= 15 is 0 Å². The van der Waals surface area contributed by atoms with Crippen molar-refractivity contribution < 1.29 is 23.7 Å². The Morgan fingerprint density at radius 1 is 1.07 bits per heavy atom. The third-order valence-electron chi connectivity index (χ3n) is 5.85. The molecule has 6 nitrogen and oxygen atoms in total. The van der Waals surface area contributed by atoms with Gasteiger partial charge in [0.2, 0.25) is 0 Å². The van der Waals surface area contributed by atoms with Gasteiger partial charge in [-0.05, 0) is 61.6 Å². The summed E-state index contributed by atoms with van der Waals surface area (Å²) in [5, 5.41) is 0. The topological polar surface area (TPSA) is 57.2 Å². The molecule has 0 bridgehead atoms. The lowest BCUT2D eigenvalue weighted by atomic mass is 10.0. The largest absolute Gasteiger partial charge is 0.493 e. The van der Waals surface area contributed by atoms with E-state index in [-0.39, 0.29) is 18.1 Å². The minimum Gasteiger partial charge on any atom is -0.493 e. The number of ether oxygens (including phenoxy) is 4. The van der Waals surface area contributed by atoms with Crippen LogP contribution in [-0.2, 0) is 4.74 Å². The molecule has 0 radical (unpaired) electrons. The first-order chi connectivity index (χ1) is 14.7. The van der Waals surface area contributed by atoms with Gasteiger partial charge in [-0.2, -0.15) is 0 Å². The van der Waals surface area contributed by atoms with Crippen LogP contribution in [0, 0.1) is 0 Å². The monoisotopic (exact) mass is 411 g/mol. The number of rotatable bonds is 7. The van der Waals surface area contributed by atoms with Gasteiger partial charge in [-0.1, -0.05) is 12.1 Å². The molecule has 0 N–H and O–H groups in total. The number of carbonyl (C=O) groups is 1. The van der Waals surface area contributed by atoms with Crippen LogP contribution in [0.4, 0.5) is 0 Å². The van der Waals surface area contributed by atoms with Crippen LogP contribution in [0.2, 0.25) is 0 Å². The molecule has 2 fully saturated rings. The molecule has 0 aromatic heterocycles. The predicted octanol–water partition coefficient (Wildman–Crippen LogP) is 4.24. The number of amides is 1. The fourth-order valence-corrected chi connectivity index (χ4v) is 4.27. The normalized spacial score (nSPS) is 20.9. The zero-order valence-electron chi connectivity index (χ0n) is 17.6. The van der Waals surface area contributed by atoms with Gasteiger partial charge in [0.15, 0.2) is 11.5 Å². The van der Waals surface area contributed by atoms with Gasteiger partial charge in [0, 0.05) is 18.7 Å². The van der Waals surface area contributed by atoms with Crippen molar-refractivity contribution in [3.8, 4) is 17.2 Å². The second kappa shape index (κ2) is 9.39. The molecular formula is C24H29NO5. The van der Waals surface area contributed by atoms with E-state index in [9.17, 15) is 4.79 Å². The molecule has 2 heterocycles. The van der Waals surface area contributed by atoms with E-state index < -0.39 is 0 Å². The molecule has 160 valence electrons. The van der Waals surface area contributed by atoms with Crippen molar-refractivity contribution in [3.05, 3.63) is 53.6 Å². The second-order valence-corrected chi connectivity index (χ2v) is 7.74. The van der Waals surface area contributed by atoms with E-state index in [1.807, 2.05) is 47.4 Å². The Morgan fingerprint density at radius 3 is 2.70 bits per heavy atom. The second-order valence-electron chi connectivity index (χ2n) is 7.74. The summed E-state index contributed by atoms with van der Waals surface area (Å²) in [5.74, 6) is 2.10. The van der Waals surface area contributed by atoms with Crippen LogP contribution in [0.15, 0.2) is 42.5 Å². The molecule has 1 amide bonds. The molecule has 2 aromatic carbocycles. The van der Waals surface area contributed by atoms with E-state index in [4.69, 9.17) is 18.9 Å². The van der Waals surface area contributed by atoms with Crippen molar-refractivity contribution >= 4 is 5.91 Å². The van der Waals surface area contributed by atoms with Gasteiger partial charge in [-0.25, -0.2) is 0 Å². The van der Waals surface area contributed by atoms with Gasteiger partial charge < -0.3 is 23.8 Å². The molecule has 2 atom stereocenters. The highest BCUT2D eigenvalue weighted by atomic mass is 16.5. The lowest BCUT2D eigenvalue weighted by molar-refractivity contribution is 0.0676. The van der Waals surface area contributed by atoms with Crippen molar-refractivity contribution in [1.29, 1.82) is 0 Å². The SMILES string of the molecule is COc1ccc([C@@H]2CCCN2C(=O)c2cccc(OC[C@H]3CCCO3)c2)cc1OC. The average Bonchev–Trinajstić information content (AvgIpc) is 3.49. The average molecular weight is 411 g/mol. The van der Waals surface area contributed by atoms with Crippen LogP contribution < -0.4 is 14.2 Å². The first kappa shape index (κ1) is 20.5.